The van der Waals surface area contributed by atoms with Gasteiger partial charge in [-0.15, -0.1) is 0 Å². The predicted octanol–water partition coefficient (Wildman–Crippen LogP) is 3.74. The number of fused-ring (bicyclic) bond motifs is 1. The van der Waals surface area contributed by atoms with Crippen LogP contribution in [0.2, 0.25) is 0 Å². The summed E-state index contributed by atoms with van der Waals surface area (Å²) >= 11 is 1.47. The molecular formula is C18H19N3O3S. The van der Waals surface area contributed by atoms with Gasteiger partial charge in [0.2, 0.25) is 4.96 Å². The summed E-state index contributed by atoms with van der Waals surface area (Å²) in [7, 11) is 3.01. The first-order chi connectivity index (χ1) is 12.1. The van der Waals surface area contributed by atoms with E-state index in [1.54, 1.807) is 11.6 Å². The van der Waals surface area contributed by atoms with E-state index >= 15 is 0 Å². The van der Waals surface area contributed by atoms with E-state index in [2.05, 4.69) is 10.1 Å². The number of methoxy groups -OCH3 is 2. The van der Waals surface area contributed by atoms with Crippen LogP contribution in [0, 0.1) is 6.92 Å². The summed E-state index contributed by atoms with van der Waals surface area (Å²) in [6, 6.07) is 7.69. The molecule has 0 aliphatic rings. The van der Waals surface area contributed by atoms with E-state index in [4.69, 9.17) is 9.47 Å². The zero-order valence-electron chi connectivity index (χ0n) is 14.6. The van der Waals surface area contributed by atoms with Gasteiger partial charge in [-0.2, -0.15) is 5.10 Å². The van der Waals surface area contributed by atoms with Crippen molar-refractivity contribution in [3.05, 3.63) is 41.7 Å². The predicted molar refractivity (Wildman–Crippen MR) is 97.9 cm³/mol. The second-order valence-corrected chi connectivity index (χ2v) is 6.35. The summed E-state index contributed by atoms with van der Waals surface area (Å²) in [6.45, 7) is 3.84. The molecule has 6 nitrogen and oxygen atoms in total. The first-order valence-electron chi connectivity index (χ1n) is 7.88. The second kappa shape index (κ2) is 7.06. The van der Waals surface area contributed by atoms with E-state index in [9.17, 15) is 4.79 Å². The lowest BCUT2D eigenvalue weighted by Gasteiger charge is -2.05. The minimum atomic E-state index is -0.384. The Balaban J connectivity index is 2.11. The molecular weight excluding hydrogens is 338 g/mol. The zero-order valence-corrected chi connectivity index (χ0v) is 15.4. The van der Waals surface area contributed by atoms with Crippen molar-refractivity contribution >= 4 is 27.8 Å². The number of aromatic nitrogens is 3. The van der Waals surface area contributed by atoms with Crippen LogP contribution in [0.4, 0.5) is 0 Å². The van der Waals surface area contributed by atoms with Crippen molar-refractivity contribution in [3.8, 4) is 16.3 Å². The third-order valence-corrected chi connectivity index (χ3v) is 4.74. The summed E-state index contributed by atoms with van der Waals surface area (Å²) in [6.07, 6.45) is 2.56. The third kappa shape index (κ3) is 3.15. The fourth-order valence-electron chi connectivity index (χ4n) is 2.60. The summed E-state index contributed by atoms with van der Waals surface area (Å²) in [5.74, 6) is 0.409. The molecule has 0 saturated heterocycles. The largest absolute Gasteiger partial charge is 0.497 e. The van der Waals surface area contributed by atoms with Crippen LogP contribution >= 0.6 is 11.3 Å². The highest BCUT2D eigenvalue weighted by atomic mass is 32.1. The van der Waals surface area contributed by atoms with E-state index in [0.717, 1.165) is 27.0 Å². The van der Waals surface area contributed by atoms with Crippen molar-refractivity contribution in [2.24, 2.45) is 0 Å². The van der Waals surface area contributed by atoms with Crippen LogP contribution < -0.4 is 4.74 Å². The molecule has 0 bridgehead atoms. The molecule has 130 valence electrons. The molecule has 0 saturated carbocycles. The molecule has 2 heterocycles. The van der Waals surface area contributed by atoms with Crippen LogP contribution in [-0.2, 0) is 9.53 Å². The maximum atomic E-state index is 12.2. The van der Waals surface area contributed by atoms with Crippen molar-refractivity contribution in [1.29, 1.82) is 0 Å². The van der Waals surface area contributed by atoms with Crippen LogP contribution in [0.1, 0.15) is 24.7 Å². The molecule has 3 aromatic rings. The number of imidazole rings is 1. The number of esters is 1. The Labute approximate surface area is 149 Å². The quantitative estimate of drug-likeness (QED) is 0.514. The number of ether oxygens (including phenoxy) is 2. The number of benzene rings is 1. The van der Waals surface area contributed by atoms with Gasteiger partial charge in [-0.3, -0.25) is 0 Å². The van der Waals surface area contributed by atoms with E-state index in [0.29, 0.717) is 17.7 Å². The third-order valence-electron chi connectivity index (χ3n) is 3.78. The Kier molecular flexibility index (Phi) is 4.85. The second-order valence-electron chi connectivity index (χ2n) is 5.39. The van der Waals surface area contributed by atoms with Crippen LogP contribution in [-0.4, -0.2) is 34.8 Å². The summed E-state index contributed by atoms with van der Waals surface area (Å²) in [5.41, 5.74) is 2.89. The Morgan fingerprint density at radius 1 is 1.28 bits per heavy atom. The standard InChI is InChI=1S/C18H19N3O3S/c1-5-6-14(17(22)24-4)15-11(2)19-18-21(15)20-16(25-18)12-7-9-13(23-3)10-8-12/h6-10H,5H2,1-4H3. The van der Waals surface area contributed by atoms with E-state index in [-0.39, 0.29) is 5.97 Å². The molecule has 0 N–H and O–H groups in total. The van der Waals surface area contributed by atoms with Gasteiger partial charge in [0.05, 0.1) is 25.5 Å². The Bertz CT molecular complexity index is 939. The van der Waals surface area contributed by atoms with Crippen LogP contribution in [0.15, 0.2) is 30.3 Å². The number of rotatable bonds is 5. The molecule has 2 aromatic heterocycles. The van der Waals surface area contributed by atoms with Gasteiger partial charge in [-0.05, 0) is 37.6 Å². The van der Waals surface area contributed by atoms with Crippen LogP contribution in [0.5, 0.6) is 5.75 Å². The number of hydrogen-bond acceptors (Lipinski definition) is 6. The van der Waals surface area contributed by atoms with Gasteiger partial charge < -0.3 is 9.47 Å². The molecule has 0 radical (unpaired) electrons. The van der Waals surface area contributed by atoms with Gasteiger partial charge in [0.1, 0.15) is 16.5 Å². The maximum Gasteiger partial charge on any atom is 0.339 e. The minimum Gasteiger partial charge on any atom is -0.497 e. The van der Waals surface area contributed by atoms with E-state index in [1.165, 1.54) is 18.4 Å². The molecule has 0 atom stereocenters. The number of carbonyl (C=O) groups is 1. The van der Waals surface area contributed by atoms with Gasteiger partial charge >= 0.3 is 5.97 Å². The lowest BCUT2D eigenvalue weighted by molar-refractivity contribution is -0.133. The minimum absolute atomic E-state index is 0.384. The normalized spacial score (nSPS) is 11.8. The summed E-state index contributed by atoms with van der Waals surface area (Å²) in [5, 5.41) is 5.49. The molecule has 7 heteroatoms. The SMILES string of the molecule is CCC=C(C(=O)OC)c1c(C)nc2sc(-c3ccc(OC)cc3)nn12. The monoisotopic (exact) mass is 357 g/mol. The van der Waals surface area contributed by atoms with Gasteiger partial charge in [0.25, 0.3) is 0 Å². The zero-order chi connectivity index (χ0) is 18.0. The highest BCUT2D eigenvalue weighted by Crippen LogP contribution is 2.31. The fourth-order valence-corrected chi connectivity index (χ4v) is 3.55. The van der Waals surface area contributed by atoms with Crippen molar-refractivity contribution in [2.45, 2.75) is 20.3 Å². The Morgan fingerprint density at radius 2 is 2.00 bits per heavy atom. The molecule has 0 unspecified atom stereocenters. The van der Waals surface area contributed by atoms with Crippen molar-refractivity contribution in [2.75, 3.05) is 14.2 Å². The highest BCUT2D eigenvalue weighted by molar-refractivity contribution is 7.19. The van der Waals surface area contributed by atoms with Gasteiger partial charge in [0.15, 0.2) is 0 Å². The molecule has 0 aliphatic heterocycles. The number of hydrogen-bond donors (Lipinski definition) is 0. The average Bonchev–Trinajstić information content (AvgIpc) is 3.16. The highest BCUT2D eigenvalue weighted by Gasteiger charge is 2.22. The van der Waals surface area contributed by atoms with Gasteiger partial charge in [-0.25, -0.2) is 14.3 Å². The average molecular weight is 357 g/mol. The molecule has 0 fully saturated rings. The number of aryl methyl sites for hydroxylation is 1. The van der Waals surface area contributed by atoms with Gasteiger partial charge in [-0.1, -0.05) is 24.3 Å². The number of allylic oxidation sites excluding steroid dienone is 1. The molecule has 0 spiro atoms. The Hall–Kier alpha value is -2.67. The van der Waals surface area contributed by atoms with Gasteiger partial charge in [0, 0.05) is 5.56 Å². The summed E-state index contributed by atoms with van der Waals surface area (Å²) < 4.78 is 11.8. The van der Waals surface area contributed by atoms with Crippen molar-refractivity contribution in [3.63, 3.8) is 0 Å². The van der Waals surface area contributed by atoms with Crippen molar-refractivity contribution in [1.82, 2.24) is 14.6 Å². The van der Waals surface area contributed by atoms with Crippen molar-refractivity contribution < 1.29 is 14.3 Å². The lowest BCUT2D eigenvalue weighted by atomic mass is 10.1. The fraction of sp³-hybridized carbons (Fsp3) is 0.278. The van der Waals surface area contributed by atoms with Crippen LogP contribution in [0.3, 0.4) is 0 Å². The molecule has 0 aliphatic carbocycles. The smallest absolute Gasteiger partial charge is 0.339 e. The number of nitrogens with zero attached hydrogens (tertiary/aromatic N) is 3. The number of carbonyl (C=O) groups excluding carboxylic acids is 1. The maximum absolute atomic E-state index is 12.2. The molecule has 1 aromatic carbocycles. The molecule has 3 rings (SSSR count). The first kappa shape index (κ1) is 17.2. The first-order valence-corrected chi connectivity index (χ1v) is 8.70. The van der Waals surface area contributed by atoms with E-state index < -0.39 is 0 Å². The topological polar surface area (TPSA) is 65.7 Å². The molecule has 25 heavy (non-hydrogen) atoms. The van der Waals surface area contributed by atoms with E-state index in [1.807, 2.05) is 44.2 Å². The Morgan fingerprint density at radius 3 is 2.60 bits per heavy atom. The molecule has 0 amide bonds. The lowest BCUT2D eigenvalue weighted by Crippen LogP contribution is -2.08. The summed E-state index contributed by atoms with van der Waals surface area (Å²) in [4.78, 5) is 17.5. The van der Waals surface area contributed by atoms with Crippen LogP contribution in [0.25, 0.3) is 21.1 Å².